The summed E-state index contributed by atoms with van der Waals surface area (Å²) in [5, 5.41) is 8.88. The molecule has 0 saturated carbocycles. The van der Waals surface area contributed by atoms with E-state index in [0.29, 0.717) is 16.7 Å². The van der Waals surface area contributed by atoms with Crippen LogP contribution in [0.2, 0.25) is 0 Å². The van der Waals surface area contributed by atoms with Crippen LogP contribution in [-0.4, -0.2) is 23.2 Å². The van der Waals surface area contributed by atoms with E-state index in [1.165, 1.54) is 0 Å². The number of hydrogen-bond donors (Lipinski definition) is 0. The van der Waals surface area contributed by atoms with Crippen molar-refractivity contribution in [3.8, 4) is 6.07 Å². The van der Waals surface area contributed by atoms with Crippen molar-refractivity contribution < 1.29 is 14.3 Å². The lowest BCUT2D eigenvalue weighted by Crippen LogP contribution is -2.16. The minimum Gasteiger partial charge on any atom is -0.466 e. The summed E-state index contributed by atoms with van der Waals surface area (Å²) in [6, 6.07) is 6.69. The number of carbonyl (C=O) groups excluding carboxylic acids is 2. The Balaban J connectivity index is 3.13. The van der Waals surface area contributed by atoms with Gasteiger partial charge in [0.05, 0.1) is 29.5 Å². The fraction of sp³-hybridized carbons (Fsp3) is 0.357. The molecule has 4 nitrogen and oxygen atoms in total. The molecule has 0 heterocycles. The van der Waals surface area contributed by atoms with Gasteiger partial charge < -0.3 is 4.74 Å². The third-order valence-electron chi connectivity index (χ3n) is 2.50. The molecule has 0 spiro atoms. The summed E-state index contributed by atoms with van der Waals surface area (Å²) in [7, 11) is 0. The minimum absolute atomic E-state index is 0.00977. The molecule has 1 aromatic carbocycles. The molecule has 0 aliphatic carbocycles. The summed E-state index contributed by atoms with van der Waals surface area (Å²) in [6.07, 6.45) is -0.00977. The van der Waals surface area contributed by atoms with Gasteiger partial charge in [0.1, 0.15) is 0 Å². The molecule has 0 radical (unpaired) electrons. The van der Waals surface area contributed by atoms with E-state index in [2.05, 4.69) is 15.9 Å². The molecule has 1 aromatic rings. The molecule has 0 aromatic heterocycles. The van der Waals surface area contributed by atoms with Crippen molar-refractivity contribution in [1.29, 1.82) is 5.26 Å². The second-order valence-electron chi connectivity index (χ2n) is 3.95. The first-order chi connectivity index (χ1) is 8.99. The summed E-state index contributed by atoms with van der Waals surface area (Å²) in [5.41, 5.74) is 1.38. The van der Waals surface area contributed by atoms with Crippen LogP contribution in [0.15, 0.2) is 18.2 Å². The van der Waals surface area contributed by atoms with Gasteiger partial charge in [-0.25, -0.2) is 0 Å². The predicted molar refractivity (Wildman–Crippen MR) is 74.2 cm³/mol. The first-order valence-corrected chi connectivity index (χ1v) is 6.78. The lowest BCUT2D eigenvalue weighted by molar-refractivity contribution is -0.142. The molecule has 0 bridgehead atoms. The molecule has 0 amide bonds. The molecule has 0 aliphatic rings. The van der Waals surface area contributed by atoms with Gasteiger partial charge in [-0.05, 0) is 37.6 Å². The molecule has 100 valence electrons. The fourth-order valence-electron chi connectivity index (χ4n) is 1.63. The van der Waals surface area contributed by atoms with Crippen LogP contribution in [-0.2, 0) is 16.0 Å². The monoisotopic (exact) mass is 323 g/mol. The Morgan fingerprint density at radius 3 is 2.68 bits per heavy atom. The smallest absolute Gasteiger partial charge is 0.310 e. The van der Waals surface area contributed by atoms with Crippen LogP contribution in [0, 0.1) is 11.3 Å². The van der Waals surface area contributed by atoms with E-state index in [9.17, 15) is 9.59 Å². The average Bonchev–Trinajstić information content (AvgIpc) is 2.37. The van der Waals surface area contributed by atoms with Gasteiger partial charge in [0.25, 0.3) is 0 Å². The van der Waals surface area contributed by atoms with Crippen molar-refractivity contribution >= 4 is 27.7 Å². The number of hydrogen-bond acceptors (Lipinski definition) is 4. The van der Waals surface area contributed by atoms with Gasteiger partial charge >= 0.3 is 5.97 Å². The van der Waals surface area contributed by atoms with Crippen molar-refractivity contribution in [2.45, 2.75) is 25.1 Å². The first kappa shape index (κ1) is 15.4. The van der Waals surface area contributed by atoms with Crippen LogP contribution in [0.1, 0.15) is 35.3 Å². The van der Waals surface area contributed by atoms with Crippen molar-refractivity contribution in [3.63, 3.8) is 0 Å². The number of rotatable bonds is 5. The number of alkyl halides is 1. The maximum absolute atomic E-state index is 12.0. The van der Waals surface area contributed by atoms with Crippen molar-refractivity contribution in [2.24, 2.45) is 0 Å². The predicted octanol–water partition coefficient (Wildman–Crippen LogP) is 2.63. The Morgan fingerprint density at radius 1 is 1.47 bits per heavy atom. The van der Waals surface area contributed by atoms with Gasteiger partial charge in [-0.3, -0.25) is 9.59 Å². The number of halogens is 1. The lowest BCUT2D eigenvalue weighted by Gasteiger charge is -2.10. The zero-order chi connectivity index (χ0) is 14.4. The van der Waals surface area contributed by atoms with E-state index in [4.69, 9.17) is 10.00 Å². The van der Waals surface area contributed by atoms with Gasteiger partial charge in [-0.15, -0.1) is 0 Å². The van der Waals surface area contributed by atoms with Gasteiger partial charge in [0.15, 0.2) is 5.78 Å². The molecule has 19 heavy (non-hydrogen) atoms. The number of carbonyl (C=O) groups is 2. The third-order valence-corrected chi connectivity index (χ3v) is 2.92. The topological polar surface area (TPSA) is 67.2 Å². The quantitative estimate of drug-likeness (QED) is 0.474. The van der Waals surface area contributed by atoms with Crippen molar-refractivity contribution in [3.05, 3.63) is 34.9 Å². The molecule has 1 unspecified atom stereocenters. The number of ketones is 1. The normalized spacial score (nSPS) is 11.5. The molecule has 0 saturated heterocycles. The molecular formula is C14H14BrNO3. The number of ether oxygens (including phenoxy) is 1. The standard InChI is InChI=1S/C14H14BrNO3/c1-3-19-13(17)7-11-6-10(8-16)4-5-12(11)14(18)9(2)15/h4-6,9H,3,7H2,1-2H3. The van der Waals surface area contributed by atoms with Crippen LogP contribution < -0.4 is 0 Å². The SMILES string of the molecule is CCOC(=O)Cc1cc(C#N)ccc1C(=O)C(C)Br. The molecule has 0 aliphatic heterocycles. The minimum atomic E-state index is -0.408. The number of Topliss-reactive ketones (excluding diaryl/α,β-unsaturated/α-hetero) is 1. The largest absolute Gasteiger partial charge is 0.466 e. The highest BCUT2D eigenvalue weighted by Crippen LogP contribution is 2.18. The highest BCUT2D eigenvalue weighted by molar-refractivity contribution is 9.10. The molecule has 0 N–H and O–H groups in total. The number of nitriles is 1. The van der Waals surface area contributed by atoms with Crippen LogP contribution in [0.5, 0.6) is 0 Å². The summed E-state index contributed by atoms with van der Waals surface area (Å²) < 4.78 is 4.87. The van der Waals surface area contributed by atoms with Gasteiger partial charge in [-0.1, -0.05) is 15.9 Å². The first-order valence-electron chi connectivity index (χ1n) is 5.86. The Hall–Kier alpha value is -1.67. The maximum Gasteiger partial charge on any atom is 0.310 e. The second-order valence-corrected chi connectivity index (χ2v) is 5.32. The Morgan fingerprint density at radius 2 is 2.16 bits per heavy atom. The van der Waals surface area contributed by atoms with Crippen LogP contribution in [0.25, 0.3) is 0 Å². The zero-order valence-corrected chi connectivity index (χ0v) is 12.4. The highest BCUT2D eigenvalue weighted by Gasteiger charge is 2.18. The highest BCUT2D eigenvalue weighted by atomic mass is 79.9. The molecule has 0 fully saturated rings. The maximum atomic E-state index is 12.0. The van der Waals surface area contributed by atoms with Gasteiger partial charge in [0.2, 0.25) is 0 Å². The van der Waals surface area contributed by atoms with Crippen LogP contribution in [0.4, 0.5) is 0 Å². The number of benzene rings is 1. The Bertz CT molecular complexity index is 532. The fourth-order valence-corrected chi connectivity index (χ4v) is 1.88. The van der Waals surface area contributed by atoms with E-state index in [1.807, 2.05) is 6.07 Å². The van der Waals surface area contributed by atoms with E-state index in [1.54, 1.807) is 32.0 Å². The summed E-state index contributed by atoms with van der Waals surface area (Å²) in [5.74, 6) is -0.530. The summed E-state index contributed by atoms with van der Waals surface area (Å²) >= 11 is 3.21. The summed E-state index contributed by atoms with van der Waals surface area (Å²) in [4.78, 5) is 23.2. The van der Waals surface area contributed by atoms with E-state index in [-0.39, 0.29) is 23.6 Å². The molecular weight excluding hydrogens is 310 g/mol. The summed E-state index contributed by atoms with van der Waals surface area (Å²) in [6.45, 7) is 3.72. The van der Waals surface area contributed by atoms with Gasteiger partial charge in [0, 0.05) is 5.56 Å². The zero-order valence-electron chi connectivity index (χ0n) is 10.8. The van der Waals surface area contributed by atoms with E-state index < -0.39 is 5.97 Å². The van der Waals surface area contributed by atoms with Crippen LogP contribution >= 0.6 is 15.9 Å². The Labute approximate surface area is 120 Å². The lowest BCUT2D eigenvalue weighted by atomic mass is 9.97. The third kappa shape index (κ3) is 4.18. The van der Waals surface area contributed by atoms with Crippen molar-refractivity contribution in [2.75, 3.05) is 6.61 Å². The Kier molecular flexibility index (Phi) is 5.71. The van der Waals surface area contributed by atoms with Crippen molar-refractivity contribution in [1.82, 2.24) is 0 Å². The van der Waals surface area contributed by atoms with E-state index in [0.717, 1.165) is 0 Å². The molecule has 5 heteroatoms. The molecule has 1 atom stereocenters. The number of esters is 1. The second kappa shape index (κ2) is 7.05. The van der Waals surface area contributed by atoms with Gasteiger partial charge in [-0.2, -0.15) is 5.26 Å². The molecule has 1 rings (SSSR count). The average molecular weight is 324 g/mol. The van der Waals surface area contributed by atoms with E-state index >= 15 is 0 Å². The van der Waals surface area contributed by atoms with Crippen LogP contribution in [0.3, 0.4) is 0 Å². The number of nitrogens with zero attached hydrogens (tertiary/aromatic N) is 1.